The van der Waals surface area contributed by atoms with Crippen molar-refractivity contribution in [2.45, 2.75) is 32.2 Å². The lowest BCUT2D eigenvalue weighted by Crippen LogP contribution is -2.27. The number of rotatable bonds is 2. The van der Waals surface area contributed by atoms with Crippen LogP contribution in [-0.2, 0) is 6.54 Å². The second-order valence-electron chi connectivity index (χ2n) is 3.53. The van der Waals surface area contributed by atoms with E-state index in [0.29, 0.717) is 5.92 Å². The Balaban J connectivity index is 2.19. The molecule has 2 N–H and O–H groups in total. The maximum Gasteiger partial charge on any atom is 0.0237 e. The number of aromatic nitrogens is 1. The molecule has 1 aromatic rings. The van der Waals surface area contributed by atoms with Gasteiger partial charge in [-0.1, -0.05) is 13.3 Å². The molecule has 0 fully saturated rings. The lowest BCUT2D eigenvalue weighted by atomic mass is 9.94. The van der Waals surface area contributed by atoms with E-state index in [-0.39, 0.29) is 0 Å². The molecule has 2 nitrogen and oxygen atoms in total. The van der Waals surface area contributed by atoms with E-state index in [1.807, 2.05) is 0 Å². The molecule has 0 spiro atoms. The van der Waals surface area contributed by atoms with Gasteiger partial charge in [0.2, 0.25) is 0 Å². The molecule has 1 unspecified atom stereocenters. The minimum Gasteiger partial charge on any atom is -0.364 e. The third-order valence-corrected chi connectivity index (χ3v) is 2.62. The van der Waals surface area contributed by atoms with Crippen LogP contribution >= 0.6 is 0 Å². The summed E-state index contributed by atoms with van der Waals surface area (Å²) in [6, 6.07) is 2.18. The highest BCUT2D eigenvalue weighted by Gasteiger charge is 2.19. The number of hydrogen-bond donors (Lipinski definition) is 2. The predicted molar refractivity (Wildman–Crippen MR) is 50.1 cm³/mol. The minimum atomic E-state index is 0.716. The van der Waals surface area contributed by atoms with Gasteiger partial charge in [-0.2, -0.15) is 0 Å². The van der Waals surface area contributed by atoms with Crippen molar-refractivity contribution in [3.63, 3.8) is 0 Å². The Morgan fingerprint density at radius 1 is 1.58 bits per heavy atom. The fourth-order valence-corrected chi connectivity index (χ4v) is 2.03. The molecule has 1 aliphatic rings. The third kappa shape index (κ3) is 1.27. The lowest BCUT2D eigenvalue weighted by Gasteiger charge is -2.22. The van der Waals surface area contributed by atoms with Crippen molar-refractivity contribution in [1.29, 1.82) is 0 Å². The first-order valence-electron chi connectivity index (χ1n) is 4.78. The highest BCUT2D eigenvalue weighted by Crippen LogP contribution is 2.25. The molecule has 2 rings (SSSR count). The molecule has 0 saturated heterocycles. The highest BCUT2D eigenvalue weighted by molar-refractivity contribution is 5.26. The summed E-state index contributed by atoms with van der Waals surface area (Å²) in [5, 5.41) is 3.44. The van der Waals surface area contributed by atoms with Gasteiger partial charge in [0.05, 0.1) is 0 Å². The molecule has 0 bridgehead atoms. The van der Waals surface area contributed by atoms with Crippen molar-refractivity contribution in [3.05, 3.63) is 23.5 Å². The van der Waals surface area contributed by atoms with Crippen molar-refractivity contribution < 1.29 is 0 Å². The normalized spacial score (nSPS) is 22.2. The fourth-order valence-electron chi connectivity index (χ4n) is 2.03. The number of H-pyrrole nitrogens is 1. The van der Waals surface area contributed by atoms with Crippen LogP contribution in [0.25, 0.3) is 0 Å². The first-order valence-corrected chi connectivity index (χ1v) is 4.78. The summed E-state index contributed by atoms with van der Waals surface area (Å²) in [6.07, 6.45) is 4.62. The summed E-state index contributed by atoms with van der Waals surface area (Å²) in [5.41, 5.74) is 2.93. The van der Waals surface area contributed by atoms with Crippen molar-refractivity contribution >= 4 is 0 Å². The van der Waals surface area contributed by atoms with Gasteiger partial charge in [-0.15, -0.1) is 0 Å². The van der Waals surface area contributed by atoms with E-state index in [9.17, 15) is 0 Å². The molecule has 0 saturated carbocycles. The number of nitrogens with one attached hydrogen (secondary N) is 2. The molecule has 0 aliphatic carbocycles. The molecule has 1 aromatic heterocycles. The Hall–Kier alpha value is -0.760. The third-order valence-electron chi connectivity index (χ3n) is 2.62. The Bertz CT molecular complexity index is 252. The molecule has 1 atom stereocenters. The number of aromatic amines is 1. The zero-order valence-corrected chi connectivity index (χ0v) is 7.56. The van der Waals surface area contributed by atoms with E-state index in [2.05, 4.69) is 29.5 Å². The second-order valence-corrected chi connectivity index (χ2v) is 3.53. The molecule has 1 aliphatic heterocycles. The van der Waals surface area contributed by atoms with Gasteiger partial charge < -0.3 is 10.3 Å². The maximum absolute atomic E-state index is 3.44. The predicted octanol–water partition coefficient (Wildman–Crippen LogP) is 2.00. The summed E-state index contributed by atoms with van der Waals surface area (Å²) in [5.74, 6) is 0.716. The Morgan fingerprint density at radius 2 is 2.50 bits per heavy atom. The smallest absolute Gasteiger partial charge is 0.0237 e. The maximum atomic E-state index is 3.44. The van der Waals surface area contributed by atoms with E-state index in [1.165, 1.54) is 24.1 Å². The molecular weight excluding hydrogens is 148 g/mol. The summed E-state index contributed by atoms with van der Waals surface area (Å²) in [4.78, 5) is 3.35. The Morgan fingerprint density at radius 3 is 3.33 bits per heavy atom. The Kier molecular flexibility index (Phi) is 2.17. The van der Waals surface area contributed by atoms with Gasteiger partial charge >= 0.3 is 0 Å². The van der Waals surface area contributed by atoms with Crippen LogP contribution in [0, 0.1) is 0 Å². The molecule has 0 radical (unpaired) electrons. The minimum absolute atomic E-state index is 0.716. The lowest BCUT2D eigenvalue weighted by molar-refractivity contribution is 0.502. The van der Waals surface area contributed by atoms with Crippen LogP contribution in [0.2, 0.25) is 0 Å². The van der Waals surface area contributed by atoms with Crippen molar-refractivity contribution in [2.24, 2.45) is 0 Å². The van der Waals surface area contributed by atoms with Crippen LogP contribution in [0.5, 0.6) is 0 Å². The van der Waals surface area contributed by atoms with Crippen molar-refractivity contribution in [2.75, 3.05) is 6.54 Å². The molecule has 0 amide bonds. The van der Waals surface area contributed by atoms with Crippen LogP contribution < -0.4 is 5.32 Å². The largest absolute Gasteiger partial charge is 0.364 e. The van der Waals surface area contributed by atoms with Gasteiger partial charge in [0.25, 0.3) is 0 Å². The van der Waals surface area contributed by atoms with Crippen LogP contribution in [0.1, 0.15) is 36.9 Å². The van der Waals surface area contributed by atoms with Gasteiger partial charge in [-0.25, -0.2) is 0 Å². The second kappa shape index (κ2) is 3.31. The highest BCUT2D eigenvalue weighted by atomic mass is 14.9. The average Bonchev–Trinajstić information content (AvgIpc) is 2.53. The molecule has 2 heterocycles. The van der Waals surface area contributed by atoms with Gasteiger partial charge in [0.15, 0.2) is 0 Å². The fraction of sp³-hybridized carbons (Fsp3) is 0.600. The van der Waals surface area contributed by atoms with Gasteiger partial charge in [0, 0.05) is 30.9 Å². The number of hydrogen-bond acceptors (Lipinski definition) is 1. The molecule has 66 valence electrons. The van der Waals surface area contributed by atoms with Crippen LogP contribution in [0.15, 0.2) is 12.3 Å². The van der Waals surface area contributed by atoms with E-state index in [1.54, 1.807) is 0 Å². The molecule has 12 heavy (non-hydrogen) atoms. The summed E-state index contributed by atoms with van der Waals surface area (Å²) >= 11 is 0. The first kappa shape index (κ1) is 7.87. The molecule has 2 heteroatoms. The van der Waals surface area contributed by atoms with Gasteiger partial charge in [-0.05, 0) is 18.1 Å². The number of fused-ring (bicyclic) bond motifs is 1. The van der Waals surface area contributed by atoms with Crippen molar-refractivity contribution in [1.82, 2.24) is 10.3 Å². The van der Waals surface area contributed by atoms with Gasteiger partial charge in [0.1, 0.15) is 0 Å². The Labute approximate surface area is 73.4 Å². The summed E-state index contributed by atoms with van der Waals surface area (Å²) in [7, 11) is 0. The first-order chi connectivity index (χ1) is 5.92. The topological polar surface area (TPSA) is 27.8 Å². The molecule has 0 aromatic carbocycles. The average molecular weight is 164 g/mol. The zero-order chi connectivity index (χ0) is 8.39. The zero-order valence-electron chi connectivity index (χ0n) is 7.56. The van der Waals surface area contributed by atoms with E-state index >= 15 is 0 Å². The van der Waals surface area contributed by atoms with Gasteiger partial charge in [-0.3, -0.25) is 0 Å². The standard InChI is InChI=1S/C10H16N2/c1-2-3-8-6-11-7-9-4-5-12-10(8)9/h4-5,8,11-12H,2-3,6-7H2,1H3. The molecular formula is C10H16N2. The van der Waals surface area contributed by atoms with Crippen LogP contribution in [0.4, 0.5) is 0 Å². The van der Waals surface area contributed by atoms with Crippen LogP contribution in [-0.4, -0.2) is 11.5 Å². The van der Waals surface area contributed by atoms with Crippen molar-refractivity contribution in [3.8, 4) is 0 Å². The van der Waals surface area contributed by atoms with E-state index in [4.69, 9.17) is 0 Å². The van der Waals surface area contributed by atoms with E-state index in [0.717, 1.165) is 13.1 Å². The SMILES string of the molecule is CCCC1CNCc2cc[nH]c21. The summed E-state index contributed by atoms with van der Waals surface area (Å²) < 4.78 is 0. The monoisotopic (exact) mass is 164 g/mol. The van der Waals surface area contributed by atoms with E-state index < -0.39 is 0 Å². The summed E-state index contributed by atoms with van der Waals surface area (Å²) in [6.45, 7) is 4.43. The quantitative estimate of drug-likeness (QED) is 0.687. The van der Waals surface area contributed by atoms with Crippen LogP contribution in [0.3, 0.4) is 0 Å².